The van der Waals surface area contributed by atoms with E-state index in [1.54, 1.807) is 23.1 Å². The summed E-state index contributed by atoms with van der Waals surface area (Å²) in [5.41, 5.74) is -0.191. The number of aromatic nitrogens is 1. The average molecular weight is 325 g/mol. The number of para-hydroxylation sites is 1. The molecule has 0 amide bonds. The van der Waals surface area contributed by atoms with Crippen LogP contribution in [0.5, 0.6) is 0 Å². The van der Waals surface area contributed by atoms with Crippen LogP contribution >= 0.6 is 0 Å². The maximum absolute atomic E-state index is 13.8. The van der Waals surface area contributed by atoms with E-state index in [-0.39, 0.29) is 5.82 Å². The summed E-state index contributed by atoms with van der Waals surface area (Å²) in [6.45, 7) is 2.03. The Morgan fingerprint density at radius 3 is 2.22 bits per heavy atom. The van der Waals surface area contributed by atoms with E-state index in [9.17, 15) is 17.6 Å². The van der Waals surface area contributed by atoms with E-state index in [2.05, 4.69) is 4.98 Å². The lowest BCUT2D eigenvalue weighted by Crippen LogP contribution is -2.47. The summed E-state index contributed by atoms with van der Waals surface area (Å²) in [4.78, 5) is 7.70. The van der Waals surface area contributed by atoms with Gasteiger partial charge in [0.05, 0.1) is 11.3 Å². The summed E-state index contributed by atoms with van der Waals surface area (Å²) in [5, 5.41) is 0. The minimum absolute atomic E-state index is 0.293. The number of alkyl halides is 3. The molecule has 23 heavy (non-hydrogen) atoms. The highest BCUT2D eigenvalue weighted by Gasteiger charge is 2.31. The van der Waals surface area contributed by atoms with Crippen LogP contribution in [0.2, 0.25) is 0 Å². The highest BCUT2D eigenvalue weighted by Crippen LogP contribution is 2.31. The van der Waals surface area contributed by atoms with Crippen LogP contribution in [0.15, 0.2) is 42.6 Å². The number of nitrogens with zero attached hydrogens (tertiary/aromatic N) is 3. The summed E-state index contributed by atoms with van der Waals surface area (Å²) >= 11 is 0. The number of hydrogen-bond donors (Lipinski definition) is 0. The molecule has 1 saturated heterocycles. The van der Waals surface area contributed by atoms with Crippen LogP contribution in [0.3, 0.4) is 0 Å². The van der Waals surface area contributed by atoms with Crippen LogP contribution in [-0.2, 0) is 6.18 Å². The second kappa shape index (κ2) is 6.06. The Morgan fingerprint density at radius 2 is 1.57 bits per heavy atom. The van der Waals surface area contributed by atoms with Crippen LogP contribution in [0.4, 0.5) is 29.1 Å². The van der Waals surface area contributed by atoms with Gasteiger partial charge < -0.3 is 9.80 Å². The third-order valence-corrected chi connectivity index (χ3v) is 3.87. The molecule has 122 valence electrons. The molecule has 1 aliphatic heterocycles. The van der Waals surface area contributed by atoms with Gasteiger partial charge in [-0.1, -0.05) is 12.1 Å². The Bertz CT molecular complexity index is 679. The van der Waals surface area contributed by atoms with E-state index in [1.165, 1.54) is 12.3 Å². The number of hydrogen-bond acceptors (Lipinski definition) is 3. The molecule has 1 aromatic carbocycles. The van der Waals surface area contributed by atoms with Gasteiger partial charge in [0, 0.05) is 32.4 Å². The van der Waals surface area contributed by atoms with Gasteiger partial charge in [-0.2, -0.15) is 13.2 Å². The van der Waals surface area contributed by atoms with Gasteiger partial charge >= 0.3 is 6.18 Å². The number of anilines is 2. The lowest BCUT2D eigenvalue weighted by molar-refractivity contribution is -0.137. The molecule has 1 aliphatic rings. The second-order valence-electron chi connectivity index (χ2n) is 5.33. The lowest BCUT2D eigenvalue weighted by Gasteiger charge is -2.37. The maximum atomic E-state index is 13.8. The topological polar surface area (TPSA) is 19.4 Å². The van der Waals surface area contributed by atoms with E-state index in [1.807, 2.05) is 4.90 Å². The monoisotopic (exact) mass is 325 g/mol. The third kappa shape index (κ3) is 3.38. The van der Waals surface area contributed by atoms with Crippen molar-refractivity contribution in [2.24, 2.45) is 0 Å². The highest BCUT2D eigenvalue weighted by atomic mass is 19.4. The molecule has 0 spiro atoms. The zero-order valence-corrected chi connectivity index (χ0v) is 12.2. The fraction of sp³-hybridized carbons (Fsp3) is 0.312. The van der Waals surface area contributed by atoms with Crippen LogP contribution in [0.1, 0.15) is 5.56 Å². The molecule has 1 aromatic heterocycles. The Labute approximate surface area is 131 Å². The summed E-state index contributed by atoms with van der Waals surface area (Å²) in [6.07, 6.45) is -3.21. The molecule has 3 nitrogen and oxygen atoms in total. The molecule has 0 bridgehead atoms. The standard InChI is InChI=1S/C16H15F4N3/c17-13-3-1-2-4-14(13)22-7-9-23(10-8-22)15-11-12(5-6-21-15)16(18,19)20/h1-6,11H,7-10H2. The molecule has 3 rings (SSSR count). The molecule has 1 fully saturated rings. The SMILES string of the molecule is Fc1ccccc1N1CCN(c2cc(C(F)(F)F)ccn2)CC1. The predicted molar refractivity (Wildman–Crippen MR) is 80.1 cm³/mol. The van der Waals surface area contributed by atoms with Gasteiger partial charge in [0.25, 0.3) is 0 Å². The molecular formula is C16H15F4N3. The third-order valence-electron chi connectivity index (χ3n) is 3.87. The van der Waals surface area contributed by atoms with Crippen molar-refractivity contribution in [3.63, 3.8) is 0 Å². The largest absolute Gasteiger partial charge is 0.416 e. The van der Waals surface area contributed by atoms with Crippen molar-refractivity contribution in [1.29, 1.82) is 0 Å². The van der Waals surface area contributed by atoms with Crippen molar-refractivity contribution in [3.05, 3.63) is 54.0 Å². The summed E-state index contributed by atoms with van der Waals surface area (Å²) in [6, 6.07) is 8.50. The van der Waals surface area contributed by atoms with Gasteiger partial charge in [-0.15, -0.1) is 0 Å². The molecule has 0 N–H and O–H groups in total. The van der Waals surface area contributed by atoms with Crippen molar-refractivity contribution in [1.82, 2.24) is 4.98 Å². The lowest BCUT2D eigenvalue weighted by atomic mass is 10.2. The summed E-state index contributed by atoms with van der Waals surface area (Å²) in [5.74, 6) is 0.00570. The summed E-state index contributed by atoms with van der Waals surface area (Å²) < 4.78 is 52.1. The number of piperazine rings is 1. The number of rotatable bonds is 2. The number of benzene rings is 1. The van der Waals surface area contributed by atoms with Crippen LogP contribution in [0, 0.1) is 5.82 Å². The number of halogens is 4. The smallest absolute Gasteiger partial charge is 0.366 e. The van der Waals surface area contributed by atoms with Crippen LogP contribution < -0.4 is 9.80 Å². The minimum Gasteiger partial charge on any atom is -0.366 e. The minimum atomic E-state index is -4.38. The van der Waals surface area contributed by atoms with Gasteiger partial charge in [-0.05, 0) is 24.3 Å². The van der Waals surface area contributed by atoms with E-state index < -0.39 is 11.7 Å². The maximum Gasteiger partial charge on any atom is 0.416 e. The first kappa shape index (κ1) is 15.6. The zero-order valence-electron chi connectivity index (χ0n) is 12.2. The average Bonchev–Trinajstić information content (AvgIpc) is 2.55. The molecule has 0 radical (unpaired) electrons. The molecular weight excluding hydrogens is 310 g/mol. The molecule has 0 saturated carbocycles. The highest BCUT2D eigenvalue weighted by molar-refractivity contribution is 5.50. The van der Waals surface area contributed by atoms with Crippen LogP contribution in [-0.4, -0.2) is 31.2 Å². The molecule has 7 heteroatoms. The molecule has 2 heterocycles. The van der Waals surface area contributed by atoms with Gasteiger partial charge in [-0.25, -0.2) is 9.37 Å². The van der Waals surface area contributed by atoms with Crippen molar-refractivity contribution in [2.45, 2.75) is 6.18 Å². The zero-order chi connectivity index (χ0) is 16.4. The second-order valence-corrected chi connectivity index (χ2v) is 5.33. The van der Waals surface area contributed by atoms with Crippen molar-refractivity contribution in [3.8, 4) is 0 Å². The van der Waals surface area contributed by atoms with Crippen LogP contribution in [0.25, 0.3) is 0 Å². The Balaban J connectivity index is 1.71. The quantitative estimate of drug-likeness (QED) is 0.787. The van der Waals surface area contributed by atoms with E-state index >= 15 is 0 Å². The fourth-order valence-electron chi connectivity index (χ4n) is 2.65. The first-order valence-electron chi connectivity index (χ1n) is 7.23. The fourth-order valence-corrected chi connectivity index (χ4v) is 2.65. The number of pyridine rings is 1. The first-order valence-corrected chi connectivity index (χ1v) is 7.23. The van der Waals surface area contributed by atoms with E-state index in [0.29, 0.717) is 37.7 Å². The van der Waals surface area contributed by atoms with Crippen molar-refractivity contribution >= 4 is 11.5 Å². The molecule has 0 aliphatic carbocycles. The normalized spacial score (nSPS) is 15.8. The molecule has 2 aromatic rings. The van der Waals surface area contributed by atoms with Crippen molar-refractivity contribution in [2.75, 3.05) is 36.0 Å². The van der Waals surface area contributed by atoms with Gasteiger partial charge in [-0.3, -0.25) is 0 Å². The first-order chi connectivity index (χ1) is 10.9. The Morgan fingerprint density at radius 1 is 0.913 bits per heavy atom. The van der Waals surface area contributed by atoms with Gasteiger partial charge in [0.15, 0.2) is 0 Å². The Hall–Kier alpha value is -2.31. The van der Waals surface area contributed by atoms with Crippen molar-refractivity contribution < 1.29 is 17.6 Å². The van der Waals surface area contributed by atoms with Gasteiger partial charge in [0.1, 0.15) is 11.6 Å². The van der Waals surface area contributed by atoms with Gasteiger partial charge in [0.2, 0.25) is 0 Å². The molecule has 0 atom stereocenters. The summed E-state index contributed by atoms with van der Waals surface area (Å²) in [7, 11) is 0. The molecule has 0 unspecified atom stereocenters. The van der Waals surface area contributed by atoms with E-state index in [0.717, 1.165) is 12.1 Å². The predicted octanol–water partition coefficient (Wildman–Crippen LogP) is 3.57. The Kier molecular flexibility index (Phi) is 4.11. The van der Waals surface area contributed by atoms with E-state index in [4.69, 9.17) is 0 Å².